The topological polar surface area (TPSA) is 57.7 Å². The smallest absolute Gasteiger partial charge is 0.283 e. The third-order valence-corrected chi connectivity index (χ3v) is 6.01. The molecule has 1 fully saturated rings. The SMILES string of the molecule is CC(C)(C)C1=CC(=C2C(=O)N(c3ccccc3)N(c3ccccc3)C2=O)C=C(C(C)(C)C)C1=O. The maximum atomic E-state index is 13.9. The van der Waals surface area contributed by atoms with Crippen molar-refractivity contribution in [3.8, 4) is 0 Å². The highest BCUT2D eigenvalue weighted by Gasteiger charge is 2.45. The molecule has 0 radical (unpaired) electrons. The molecule has 174 valence electrons. The fourth-order valence-corrected chi connectivity index (χ4v) is 4.22. The van der Waals surface area contributed by atoms with Crippen molar-refractivity contribution in [1.29, 1.82) is 0 Å². The van der Waals surface area contributed by atoms with Crippen LogP contribution in [0.1, 0.15) is 41.5 Å². The Morgan fingerprint density at radius 1 is 0.559 bits per heavy atom. The number of hydrogen-bond donors (Lipinski definition) is 0. The Morgan fingerprint density at radius 3 is 1.24 bits per heavy atom. The van der Waals surface area contributed by atoms with Crippen LogP contribution in [0.2, 0.25) is 0 Å². The Balaban J connectivity index is 1.99. The number of carbonyl (C=O) groups is 3. The van der Waals surface area contributed by atoms with Crippen LogP contribution in [0.3, 0.4) is 0 Å². The number of para-hydroxylation sites is 2. The molecule has 1 aliphatic carbocycles. The molecule has 0 spiro atoms. The van der Waals surface area contributed by atoms with Crippen molar-refractivity contribution >= 4 is 29.0 Å². The first kappa shape index (κ1) is 23.4. The van der Waals surface area contributed by atoms with E-state index < -0.39 is 22.6 Å². The van der Waals surface area contributed by atoms with Crippen LogP contribution in [-0.2, 0) is 14.4 Å². The van der Waals surface area contributed by atoms with E-state index in [0.29, 0.717) is 28.1 Å². The molecule has 1 heterocycles. The van der Waals surface area contributed by atoms with Gasteiger partial charge in [0, 0.05) is 11.1 Å². The van der Waals surface area contributed by atoms with E-state index in [2.05, 4.69) is 0 Å². The number of ketones is 1. The minimum Gasteiger partial charge on any atom is -0.289 e. The van der Waals surface area contributed by atoms with Crippen molar-refractivity contribution in [3.63, 3.8) is 0 Å². The summed E-state index contributed by atoms with van der Waals surface area (Å²) in [5.74, 6) is -0.876. The third kappa shape index (κ3) is 4.03. The minimum absolute atomic E-state index is 0.0397. The zero-order valence-corrected chi connectivity index (χ0v) is 20.5. The standard InChI is InChI=1S/C29H30N2O3/c1-28(2,3)22-17-19(18-23(25(22)32)29(4,5)6)24-26(33)30(20-13-9-7-10-14-20)31(27(24)34)21-15-11-8-12-16-21/h7-18H,1-6H3. The van der Waals surface area contributed by atoms with Gasteiger partial charge < -0.3 is 0 Å². The number of carbonyl (C=O) groups excluding carboxylic acids is 3. The fourth-order valence-electron chi connectivity index (χ4n) is 4.22. The number of amides is 2. The van der Waals surface area contributed by atoms with Crippen molar-refractivity contribution in [2.24, 2.45) is 10.8 Å². The highest BCUT2D eigenvalue weighted by Crippen LogP contribution is 2.41. The van der Waals surface area contributed by atoms with Gasteiger partial charge in [0.2, 0.25) is 0 Å². The molecule has 0 bridgehead atoms. The number of hydrogen-bond acceptors (Lipinski definition) is 3. The molecule has 1 aliphatic heterocycles. The summed E-state index contributed by atoms with van der Waals surface area (Å²) in [5.41, 5.74) is 2.00. The molecule has 5 heteroatoms. The van der Waals surface area contributed by atoms with Crippen molar-refractivity contribution in [2.45, 2.75) is 41.5 Å². The lowest BCUT2D eigenvalue weighted by molar-refractivity contribution is -0.117. The summed E-state index contributed by atoms with van der Waals surface area (Å²) < 4.78 is 0. The minimum atomic E-state index is -0.448. The Bertz CT molecular complexity index is 1160. The zero-order valence-electron chi connectivity index (χ0n) is 20.5. The predicted molar refractivity (Wildman–Crippen MR) is 135 cm³/mol. The van der Waals surface area contributed by atoms with Gasteiger partial charge in [-0.3, -0.25) is 14.4 Å². The zero-order chi connectivity index (χ0) is 24.8. The number of hydrazine groups is 1. The second-order valence-electron chi connectivity index (χ2n) is 10.7. The van der Waals surface area contributed by atoms with Crippen molar-refractivity contribution < 1.29 is 14.4 Å². The highest BCUT2D eigenvalue weighted by molar-refractivity contribution is 6.37. The van der Waals surface area contributed by atoms with E-state index in [1.807, 2.05) is 77.9 Å². The Kier molecular flexibility index (Phi) is 5.68. The predicted octanol–water partition coefficient (Wildman–Crippen LogP) is 5.81. The van der Waals surface area contributed by atoms with E-state index in [1.165, 1.54) is 10.0 Å². The molecular weight excluding hydrogens is 424 g/mol. The quantitative estimate of drug-likeness (QED) is 0.425. The molecule has 2 amide bonds. The summed E-state index contributed by atoms with van der Waals surface area (Å²) in [6.07, 6.45) is 3.45. The van der Waals surface area contributed by atoms with Crippen molar-refractivity contribution in [1.82, 2.24) is 0 Å². The lowest BCUT2D eigenvalue weighted by Gasteiger charge is -2.31. The monoisotopic (exact) mass is 454 g/mol. The first-order valence-electron chi connectivity index (χ1n) is 11.4. The maximum absolute atomic E-state index is 13.9. The van der Waals surface area contributed by atoms with Crippen LogP contribution < -0.4 is 10.0 Å². The molecule has 5 nitrogen and oxygen atoms in total. The first-order valence-corrected chi connectivity index (χ1v) is 11.4. The largest absolute Gasteiger partial charge is 0.289 e. The normalized spacial score (nSPS) is 17.4. The molecule has 0 N–H and O–H groups in total. The Hall–Kier alpha value is -3.73. The summed E-state index contributed by atoms with van der Waals surface area (Å²) in [5, 5.41) is 2.82. The number of benzene rings is 2. The van der Waals surface area contributed by atoms with Gasteiger partial charge in [-0.1, -0.05) is 77.9 Å². The maximum Gasteiger partial charge on any atom is 0.283 e. The molecule has 4 rings (SSSR count). The number of rotatable bonds is 2. The van der Waals surface area contributed by atoms with E-state index in [1.54, 1.807) is 36.4 Å². The highest BCUT2D eigenvalue weighted by atomic mass is 16.2. The molecule has 0 saturated carbocycles. The van der Waals surface area contributed by atoms with Crippen LogP contribution in [0.5, 0.6) is 0 Å². The summed E-state index contributed by atoms with van der Waals surface area (Å²) in [4.78, 5) is 41.1. The molecule has 2 aromatic carbocycles. The second kappa shape index (κ2) is 8.24. The van der Waals surface area contributed by atoms with Gasteiger partial charge in [0.1, 0.15) is 5.57 Å². The van der Waals surface area contributed by atoms with E-state index in [9.17, 15) is 14.4 Å². The molecule has 0 atom stereocenters. The molecule has 1 saturated heterocycles. The molecular formula is C29H30N2O3. The fraction of sp³-hybridized carbons (Fsp3) is 0.276. The van der Waals surface area contributed by atoms with Gasteiger partial charge in [0.15, 0.2) is 5.78 Å². The first-order chi connectivity index (χ1) is 15.9. The van der Waals surface area contributed by atoms with Crippen molar-refractivity contribution in [2.75, 3.05) is 10.0 Å². The number of nitrogens with zero attached hydrogens (tertiary/aromatic N) is 2. The van der Waals surface area contributed by atoms with Gasteiger partial charge in [-0.2, -0.15) is 0 Å². The molecule has 34 heavy (non-hydrogen) atoms. The summed E-state index contributed by atoms with van der Waals surface area (Å²) in [6, 6.07) is 18.2. The van der Waals surface area contributed by atoms with E-state index >= 15 is 0 Å². The molecule has 2 aliphatic rings. The number of allylic oxidation sites excluding steroid dienone is 5. The van der Waals surface area contributed by atoms with Gasteiger partial charge in [0.25, 0.3) is 11.8 Å². The van der Waals surface area contributed by atoms with Gasteiger partial charge in [0.05, 0.1) is 11.4 Å². The summed E-state index contributed by atoms with van der Waals surface area (Å²) in [7, 11) is 0. The Labute approximate surface area is 201 Å². The third-order valence-electron chi connectivity index (χ3n) is 6.01. The van der Waals surface area contributed by atoms with Crippen molar-refractivity contribution in [3.05, 3.63) is 95.1 Å². The summed E-state index contributed by atoms with van der Waals surface area (Å²) in [6.45, 7) is 11.8. The second-order valence-corrected chi connectivity index (χ2v) is 10.7. The van der Waals surface area contributed by atoms with E-state index in [4.69, 9.17) is 0 Å². The van der Waals surface area contributed by atoms with Crippen LogP contribution in [0, 0.1) is 10.8 Å². The molecule has 0 aromatic heterocycles. The number of Topliss-reactive ketones (excluding diaryl/α,β-unsaturated/α-hetero) is 1. The van der Waals surface area contributed by atoms with Gasteiger partial charge in [-0.05, 0) is 52.8 Å². The Morgan fingerprint density at radius 2 is 0.912 bits per heavy atom. The van der Waals surface area contributed by atoms with Crippen LogP contribution in [0.4, 0.5) is 11.4 Å². The van der Waals surface area contributed by atoms with E-state index in [0.717, 1.165) is 0 Å². The number of anilines is 2. The lowest BCUT2D eigenvalue weighted by Crippen LogP contribution is -2.41. The van der Waals surface area contributed by atoms with Gasteiger partial charge in [-0.25, -0.2) is 10.0 Å². The van der Waals surface area contributed by atoms with Crippen LogP contribution in [-0.4, -0.2) is 17.6 Å². The molecule has 0 unspecified atom stereocenters. The average molecular weight is 455 g/mol. The van der Waals surface area contributed by atoms with E-state index in [-0.39, 0.29) is 11.4 Å². The van der Waals surface area contributed by atoms with Gasteiger partial charge >= 0.3 is 0 Å². The van der Waals surface area contributed by atoms with Crippen LogP contribution in [0.15, 0.2) is 95.1 Å². The lowest BCUT2D eigenvalue weighted by atomic mass is 9.71. The molecule has 2 aromatic rings. The van der Waals surface area contributed by atoms with Crippen LogP contribution in [0.25, 0.3) is 0 Å². The van der Waals surface area contributed by atoms with Gasteiger partial charge in [-0.15, -0.1) is 0 Å². The average Bonchev–Trinajstić information content (AvgIpc) is 3.03. The summed E-state index contributed by atoms with van der Waals surface area (Å²) >= 11 is 0. The van der Waals surface area contributed by atoms with Crippen LogP contribution >= 0.6 is 0 Å².